The van der Waals surface area contributed by atoms with Gasteiger partial charge in [-0.25, -0.2) is 14.6 Å². The number of anilines is 1. The fourth-order valence-electron chi connectivity index (χ4n) is 4.72. The molecule has 180 valence electrons. The van der Waals surface area contributed by atoms with Crippen molar-refractivity contribution in [3.63, 3.8) is 0 Å². The van der Waals surface area contributed by atoms with Gasteiger partial charge >= 0.3 is 6.03 Å². The van der Waals surface area contributed by atoms with Gasteiger partial charge in [0.05, 0.1) is 12.1 Å². The van der Waals surface area contributed by atoms with Gasteiger partial charge in [-0.2, -0.15) is 5.26 Å². The maximum absolute atomic E-state index is 12.4. The van der Waals surface area contributed by atoms with Gasteiger partial charge < -0.3 is 20.9 Å². The first kappa shape index (κ1) is 24.4. The lowest BCUT2D eigenvalue weighted by atomic mass is 10.0. The van der Waals surface area contributed by atoms with Gasteiger partial charge in [-0.15, -0.1) is 0 Å². The van der Waals surface area contributed by atoms with Crippen LogP contribution in [0, 0.1) is 17.9 Å². The lowest BCUT2D eigenvalue weighted by Gasteiger charge is -2.37. The number of nitrogens with two attached hydrogens (primary N) is 1. The summed E-state index contributed by atoms with van der Waals surface area (Å²) in [4.78, 5) is 36.9. The van der Waals surface area contributed by atoms with Gasteiger partial charge in [-0.05, 0) is 30.4 Å². The molecule has 1 atom stereocenters. The number of carbonyl (C=O) groups excluding carboxylic acids is 2. The summed E-state index contributed by atoms with van der Waals surface area (Å²) >= 11 is 1.15. The highest BCUT2D eigenvalue weighted by molar-refractivity contribution is 8.00. The molecular formula is C25H27N7O2S. The van der Waals surface area contributed by atoms with Crippen LogP contribution < -0.4 is 16.0 Å². The minimum absolute atomic E-state index is 0.0212. The van der Waals surface area contributed by atoms with E-state index in [1.807, 2.05) is 42.2 Å². The number of nitriles is 1. The standard InChI is InChI=1S/C25H27N7O2S/c1-3-18-19(15-26)24(35-21(22(27)33)16-7-5-4-6-8-16)30-23(20(18)28-2)31-12-9-17(10-13-31)32-14-11-29-25(32)34/h4-8,17,21H,3,9-14H2,1H3,(H2,27,33)(H,29,34). The third-order valence-electron chi connectivity index (χ3n) is 6.48. The van der Waals surface area contributed by atoms with E-state index in [1.165, 1.54) is 0 Å². The van der Waals surface area contributed by atoms with Gasteiger partial charge in [0.15, 0.2) is 0 Å². The minimum Gasteiger partial charge on any atom is -0.368 e. The molecule has 1 aromatic heterocycles. The summed E-state index contributed by atoms with van der Waals surface area (Å²) in [5.74, 6) is 0.00408. The molecule has 0 bridgehead atoms. The number of thioether (sulfide) groups is 1. The second-order valence-corrected chi connectivity index (χ2v) is 9.57. The van der Waals surface area contributed by atoms with Crippen LogP contribution in [-0.4, -0.2) is 54.0 Å². The van der Waals surface area contributed by atoms with Gasteiger partial charge in [-0.1, -0.05) is 49.0 Å². The molecule has 0 saturated carbocycles. The maximum atomic E-state index is 12.4. The molecule has 2 fully saturated rings. The molecule has 3 heterocycles. The smallest absolute Gasteiger partial charge is 0.317 e. The molecule has 35 heavy (non-hydrogen) atoms. The van der Waals surface area contributed by atoms with Crippen LogP contribution in [0.3, 0.4) is 0 Å². The number of hydrogen-bond acceptors (Lipinski definition) is 6. The Kier molecular flexibility index (Phi) is 7.42. The molecule has 2 aromatic rings. The molecule has 0 radical (unpaired) electrons. The number of carbonyl (C=O) groups is 2. The summed E-state index contributed by atoms with van der Waals surface area (Å²) in [7, 11) is 0. The molecule has 1 aromatic carbocycles. The summed E-state index contributed by atoms with van der Waals surface area (Å²) in [6, 6.07) is 11.5. The SMILES string of the molecule is [C-]#[N+]c1c(N2CCC(N3CCNC3=O)CC2)nc(SC(C(N)=O)c2ccccc2)c(C#N)c1CC. The van der Waals surface area contributed by atoms with Crippen molar-refractivity contribution in [3.8, 4) is 6.07 Å². The van der Waals surface area contributed by atoms with Gasteiger partial charge in [-0.3, -0.25) is 4.79 Å². The Bertz CT molecular complexity index is 1200. The monoisotopic (exact) mass is 489 g/mol. The first-order chi connectivity index (χ1) is 17.0. The van der Waals surface area contributed by atoms with E-state index in [4.69, 9.17) is 17.3 Å². The fourth-order valence-corrected chi connectivity index (χ4v) is 5.78. The number of nitrogens with zero attached hydrogens (tertiary/aromatic N) is 5. The quantitative estimate of drug-likeness (QED) is 0.455. The number of pyridine rings is 1. The molecule has 10 heteroatoms. The maximum Gasteiger partial charge on any atom is 0.317 e. The normalized spacial score (nSPS) is 16.9. The Hall–Kier alpha value is -3.76. The van der Waals surface area contributed by atoms with Gasteiger partial charge in [0.25, 0.3) is 0 Å². The minimum atomic E-state index is -0.716. The lowest BCUT2D eigenvalue weighted by Crippen LogP contribution is -2.46. The topological polar surface area (TPSA) is 120 Å². The van der Waals surface area contributed by atoms with Crippen LogP contribution in [-0.2, 0) is 11.2 Å². The number of urea groups is 1. The zero-order chi connectivity index (χ0) is 24.9. The highest BCUT2D eigenvalue weighted by Gasteiger charge is 2.33. The number of nitrogens with one attached hydrogen (secondary N) is 1. The molecule has 2 aliphatic heterocycles. The van der Waals surface area contributed by atoms with Crippen molar-refractivity contribution in [2.45, 2.75) is 42.5 Å². The molecule has 0 spiro atoms. The third kappa shape index (κ3) is 4.89. The van der Waals surface area contributed by atoms with Crippen LogP contribution >= 0.6 is 11.8 Å². The van der Waals surface area contributed by atoms with Crippen LogP contribution in [0.1, 0.15) is 41.7 Å². The molecular weight excluding hydrogens is 462 g/mol. The largest absolute Gasteiger partial charge is 0.368 e. The molecule has 2 aliphatic rings. The van der Waals surface area contributed by atoms with Crippen LogP contribution in [0.2, 0.25) is 0 Å². The van der Waals surface area contributed by atoms with Crippen molar-refractivity contribution < 1.29 is 9.59 Å². The number of piperidine rings is 1. The number of benzene rings is 1. The molecule has 0 aliphatic carbocycles. The Morgan fingerprint density at radius 3 is 2.60 bits per heavy atom. The van der Waals surface area contributed by atoms with Crippen molar-refractivity contribution in [1.82, 2.24) is 15.2 Å². The van der Waals surface area contributed by atoms with Crippen LogP contribution in [0.5, 0.6) is 0 Å². The molecule has 4 rings (SSSR count). The number of amides is 3. The summed E-state index contributed by atoms with van der Waals surface area (Å²) in [5.41, 5.74) is 7.79. The van der Waals surface area contributed by atoms with Crippen molar-refractivity contribution >= 4 is 35.2 Å². The number of primary amides is 1. The van der Waals surface area contributed by atoms with E-state index in [9.17, 15) is 14.9 Å². The van der Waals surface area contributed by atoms with E-state index in [0.29, 0.717) is 60.3 Å². The van der Waals surface area contributed by atoms with Gasteiger partial charge in [0, 0.05) is 32.2 Å². The highest BCUT2D eigenvalue weighted by Crippen LogP contribution is 2.43. The van der Waals surface area contributed by atoms with E-state index >= 15 is 0 Å². The predicted molar refractivity (Wildman–Crippen MR) is 134 cm³/mol. The summed E-state index contributed by atoms with van der Waals surface area (Å²) in [5, 5.41) is 12.5. The van der Waals surface area contributed by atoms with Crippen molar-refractivity contribution in [1.29, 1.82) is 5.26 Å². The summed E-state index contributed by atoms with van der Waals surface area (Å²) < 4.78 is 0. The van der Waals surface area contributed by atoms with Crippen LogP contribution in [0.4, 0.5) is 16.3 Å². The van der Waals surface area contributed by atoms with E-state index < -0.39 is 11.2 Å². The number of hydrogen-bond donors (Lipinski definition) is 2. The second-order valence-electron chi connectivity index (χ2n) is 8.47. The van der Waals surface area contributed by atoms with Gasteiger partial charge in [0.2, 0.25) is 11.6 Å². The third-order valence-corrected chi connectivity index (χ3v) is 7.74. The second kappa shape index (κ2) is 10.7. The van der Waals surface area contributed by atoms with Crippen molar-refractivity contribution in [2.75, 3.05) is 31.1 Å². The first-order valence-electron chi connectivity index (χ1n) is 11.6. The zero-order valence-electron chi connectivity index (χ0n) is 19.5. The van der Waals surface area contributed by atoms with Crippen LogP contribution in [0.15, 0.2) is 35.4 Å². The van der Waals surface area contributed by atoms with Crippen molar-refractivity contribution in [2.24, 2.45) is 5.73 Å². The lowest BCUT2D eigenvalue weighted by molar-refractivity contribution is -0.117. The predicted octanol–water partition coefficient (Wildman–Crippen LogP) is 3.38. The number of rotatable bonds is 7. The zero-order valence-corrected chi connectivity index (χ0v) is 20.3. The highest BCUT2D eigenvalue weighted by atomic mass is 32.2. The van der Waals surface area contributed by atoms with Gasteiger partial charge in [0.1, 0.15) is 22.2 Å². The number of aromatic nitrogens is 1. The Balaban J connectivity index is 1.68. The Morgan fingerprint density at radius 2 is 2.06 bits per heavy atom. The van der Waals surface area contributed by atoms with Crippen LogP contribution in [0.25, 0.3) is 4.85 Å². The van der Waals surface area contributed by atoms with E-state index in [-0.39, 0.29) is 12.1 Å². The molecule has 2 saturated heterocycles. The summed E-state index contributed by atoms with van der Waals surface area (Å²) in [6.07, 6.45) is 2.02. The van der Waals surface area contributed by atoms with Crippen molar-refractivity contribution in [3.05, 3.63) is 58.4 Å². The average Bonchev–Trinajstić information content (AvgIpc) is 3.32. The van der Waals surface area contributed by atoms with E-state index in [1.54, 1.807) is 0 Å². The fraction of sp³-hybridized carbons (Fsp3) is 0.400. The van der Waals surface area contributed by atoms with E-state index in [0.717, 1.165) is 30.2 Å². The first-order valence-corrected chi connectivity index (χ1v) is 12.5. The summed E-state index contributed by atoms with van der Waals surface area (Å²) in [6.45, 7) is 12.4. The average molecular weight is 490 g/mol. The molecule has 1 unspecified atom stereocenters. The molecule has 3 amide bonds. The molecule has 9 nitrogen and oxygen atoms in total. The Labute approximate surface area is 209 Å². The Morgan fingerprint density at radius 1 is 1.34 bits per heavy atom. The molecule has 3 N–H and O–H groups in total. The van der Waals surface area contributed by atoms with E-state index in [2.05, 4.69) is 21.1 Å².